The molecule has 1 aliphatic rings. The topological polar surface area (TPSA) is 67.4 Å². The average molecular weight is 360 g/mol. The standard InChI is InChI=1S/C19H18F2N2O3/c20-12-6-7-13-14(11-18(24)23-16(13)10-12)19(25)22-8-3-9-26-17-5-2-1-4-15(17)21/h1-2,4-7,10,14H,3,8-9,11H2,(H,22,25)(H,23,24). The fraction of sp³-hybridized carbons (Fsp3) is 0.263. The summed E-state index contributed by atoms with van der Waals surface area (Å²) < 4.78 is 32.0. The van der Waals surface area contributed by atoms with Crippen molar-refractivity contribution in [2.45, 2.75) is 18.8 Å². The number of carbonyl (C=O) groups excluding carboxylic acids is 2. The molecule has 0 aliphatic carbocycles. The Balaban J connectivity index is 1.51. The van der Waals surface area contributed by atoms with Crippen LogP contribution in [0.5, 0.6) is 5.75 Å². The Labute approximate surface area is 149 Å². The summed E-state index contributed by atoms with van der Waals surface area (Å²) in [6.45, 7) is 0.566. The second-order valence-electron chi connectivity index (χ2n) is 5.96. The van der Waals surface area contributed by atoms with Gasteiger partial charge in [-0.1, -0.05) is 18.2 Å². The van der Waals surface area contributed by atoms with Crippen molar-refractivity contribution in [2.24, 2.45) is 0 Å². The summed E-state index contributed by atoms with van der Waals surface area (Å²) in [5, 5.41) is 5.31. The van der Waals surface area contributed by atoms with Gasteiger partial charge in [-0.2, -0.15) is 0 Å². The first-order chi connectivity index (χ1) is 12.5. The molecule has 7 heteroatoms. The third-order valence-electron chi connectivity index (χ3n) is 4.09. The summed E-state index contributed by atoms with van der Waals surface area (Å²) in [7, 11) is 0. The average Bonchev–Trinajstić information content (AvgIpc) is 2.61. The number of hydrogen-bond acceptors (Lipinski definition) is 3. The van der Waals surface area contributed by atoms with Gasteiger partial charge in [-0.3, -0.25) is 9.59 Å². The zero-order valence-corrected chi connectivity index (χ0v) is 13.9. The van der Waals surface area contributed by atoms with Crippen molar-refractivity contribution in [1.29, 1.82) is 0 Å². The van der Waals surface area contributed by atoms with Crippen molar-refractivity contribution in [1.82, 2.24) is 5.32 Å². The van der Waals surface area contributed by atoms with Gasteiger partial charge in [0.2, 0.25) is 11.8 Å². The number of carbonyl (C=O) groups is 2. The lowest BCUT2D eigenvalue weighted by Gasteiger charge is -2.24. The second-order valence-corrected chi connectivity index (χ2v) is 5.96. The normalized spacial score (nSPS) is 15.8. The van der Waals surface area contributed by atoms with Gasteiger partial charge < -0.3 is 15.4 Å². The van der Waals surface area contributed by atoms with Crippen LogP contribution in [0.4, 0.5) is 14.5 Å². The molecule has 1 aliphatic heterocycles. The van der Waals surface area contributed by atoms with Gasteiger partial charge in [0.15, 0.2) is 11.6 Å². The Morgan fingerprint density at radius 2 is 2.04 bits per heavy atom. The van der Waals surface area contributed by atoms with E-state index in [1.807, 2.05) is 0 Å². The maximum atomic E-state index is 13.4. The molecular formula is C19H18F2N2O3. The number of benzene rings is 2. The third-order valence-corrected chi connectivity index (χ3v) is 4.09. The van der Waals surface area contributed by atoms with Crippen molar-refractivity contribution in [3.8, 4) is 5.75 Å². The number of amides is 2. The van der Waals surface area contributed by atoms with Crippen LogP contribution in [-0.4, -0.2) is 25.0 Å². The van der Waals surface area contributed by atoms with Crippen LogP contribution in [0, 0.1) is 11.6 Å². The van der Waals surface area contributed by atoms with Crippen molar-refractivity contribution >= 4 is 17.5 Å². The number of rotatable bonds is 6. The molecule has 0 saturated carbocycles. The Morgan fingerprint density at radius 3 is 2.85 bits per heavy atom. The third kappa shape index (κ3) is 4.17. The first-order valence-corrected chi connectivity index (χ1v) is 8.29. The van der Waals surface area contributed by atoms with E-state index >= 15 is 0 Å². The van der Waals surface area contributed by atoms with E-state index in [4.69, 9.17) is 4.74 Å². The van der Waals surface area contributed by atoms with Crippen molar-refractivity contribution in [3.05, 3.63) is 59.7 Å². The van der Waals surface area contributed by atoms with E-state index in [1.165, 1.54) is 30.3 Å². The molecule has 0 spiro atoms. The predicted molar refractivity (Wildman–Crippen MR) is 91.9 cm³/mol. The molecule has 0 bridgehead atoms. The molecular weight excluding hydrogens is 342 g/mol. The Bertz CT molecular complexity index is 826. The zero-order valence-electron chi connectivity index (χ0n) is 13.9. The molecule has 136 valence electrons. The summed E-state index contributed by atoms with van der Waals surface area (Å²) in [5.74, 6) is -2.04. The molecule has 3 rings (SSSR count). The van der Waals surface area contributed by atoms with Gasteiger partial charge in [-0.25, -0.2) is 8.78 Å². The Kier molecular flexibility index (Phi) is 5.46. The maximum absolute atomic E-state index is 13.4. The van der Waals surface area contributed by atoms with Crippen LogP contribution in [0.1, 0.15) is 24.3 Å². The minimum Gasteiger partial charge on any atom is -0.490 e. The lowest BCUT2D eigenvalue weighted by atomic mass is 9.89. The van der Waals surface area contributed by atoms with Crippen LogP contribution >= 0.6 is 0 Å². The van der Waals surface area contributed by atoms with Crippen LogP contribution in [-0.2, 0) is 9.59 Å². The van der Waals surface area contributed by atoms with E-state index in [2.05, 4.69) is 10.6 Å². The van der Waals surface area contributed by atoms with E-state index in [1.54, 1.807) is 12.1 Å². The van der Waals surface area contributed by atoms with Crippen molar-refractivity contribution < 1.29 is 23.1 Å². The smallest absolute Gasteiger partial charge is 0.228 e. The highest BCUT2D eigenvalue weighted by Gasteiger charge is 2.30. The number of ether oxygens (including phenoxy) is 1. The largest absolute Gasteiger partial charge is 0.490 e. The van der Waals surface area contributed by atoms with E-state index < -0.39 is 17.6 Å². The lowest BCUT2D eigenvalue weighted by Crippen LogP contribution is -2.35. The van der Waals surface area contributed by atoms with E-state index in [0.717, 1.165) is 0 Å². The zero-order chi connectivity index (χ0) is 18.5. The van der Waals surface area contributed by atoms with E-state index in [0.29, 0.717) is 24.2 Å². The molecule has 5 nitrogen and oxygen atoms in total. The summed E-state index contributed by atoms with van der Waals surface area (Å²) in [5.41, 5.74) is 0.912. The fourth-order valence-electron chi connectivity index (χ4n) is 2.82. The molecule has 26 heavy (non-hydrogen) atoms. The number of hydrogen-bond donors (Lipinski definition) is 2. The number of fused-ring (bicyclic) bond motifs is 1. The van der Waals surface area contributed by atoms with Gasteiger partial charge in [-0.05, 0) is 36.2 Å². The highest BCUT2D eigenvalue weighted by atomic mass is 19.1. The molecule has 2 amide bonds. The van der Waals surface area contributed by atoms with Crippen LogP contribution in [0.25, 0.3) is 0 Å². The molecule has 1 atom stereocenters. The number of nitrogens with one attached hydrogen (secondary N) is 2. The predicted octanol–water partition coefficient (Wildman–Crippen LogP) is 2.98. The van der Waals surface area contributed by atoms with E-state index in [9.17, 15) is 18.4 Å². The van der Waals surface area contributed by atoms with Gasteiger partial charge in [0, 0.05) is 18.7 Å². The maximum Gasteiger partial charge on any atom is 0.228 e. The summed E-state index contributed by atoms with van der Waals surface area (Å²) >= 11 is 0. The molecule has 2 N–H and O–H groups in total. The quantitative estimate of drug-likeness (QED) is 0.779. The summed E-state index contributed by atoms with van der Waals surface area (Å²) in [6, 6.07) is 10.1. The van der Waals surface area contributed by atoms with Crippen LogP contribution in [0.3, 0.4) is 0 Å². The Morgan fingerprint density at radius 1 is 1.23 bits per heavy atom. The molecule has 2 aromatic carbocycles. The SMILES string of the molecule is O=C1CC(C(=O)NCCCOc2ccccc2F)c2ccc(F)cc2N1. The lowest BCUT2D eigenvalue weighted by molar-refractivity contribution is -0.126. The van der Waals surface area contributed by atoms with Crippen LogP contribution < -0.4 is 15.4 Å². The number of para-hydroxylation sites is 1. The van der Waals surface area contributed by atoms with Gasteiger partial charge in [0.25, 0.3) is 0 Å². The molecule has 0 saturated heterocycles. The fourth-order valence-corrected chi connectivity index (χ4v) is 2.82. The highest BCUT2D eigenvalue weighted by molar-refractivity contribution is 6.01. The molecule has 0 radical (unpaired) electrons. The summed E-state index contributed by atoms with van der Waals surface area (Å²) in [6.07, 6.45) is 0.492. The van der Waals surface area contributed by atoms with Crippen LogP contribution in [0.15, 0.2) is 42.5 Å². The molecule has 1 heterocycles. The van der Waals surface area contributed by atoms with E-state index in [-0.39, 0.29) is 30.6 Å². The highest BCUT2D eigenvalue weighted by Crippen LogP contribution is 2.32. The van der Waals surface area contributed by atoms with Crippen molar-refractivity contribution in [2.75, 3.05) is 18.5 Å². The van der Waals surface area contributed by atoms with Crippen LogP contribution in [0.2, 0.25) is 0 Å². The van der Waals surface area contributed by atoms with Gasteiger partial charge >= 0.3 is 0 Å². The monoisotopic (exact) mass is 360 g/mol. The molecule has 1 unspecified atom stereocenters. The minimum atomic E-state index is -0.660. The number of anilines is 1. The van der Waals surface area contributed by atoms with Gasteiger partial charge in [0.05, 0.1) is 12.5 Å². The van der Waals surface area contributed by atoms with Gasteiger partial charge in [-0.15, -0.1) is 0 Å². The first kappa shape index (κ1) is 17.8. The van der Waals surface area contributed by atoms with Crippen molar-refractivity contribution in [3.63, 3.8) is 0 Å². The molecule has 2 aromatic rings. The Hall–Kier alpha value is -2.96. The summed E-state index contributed by atoms with van der Waals surface area (Å²) in [4.78, 5) is 24.1. The second kappa shape index (κ2) is 7.95. The number of halogens is 2. The minimum absolute atomic E-state index is 0.0101. The first-order valence-electron chi connectivity index (χ1n) is 8.29. The molecule has 0 aromatic heterocycles. The van der Waals surface area contributed by atoms with Gasteiger partial charge in [0.1, 0.15) is 5.82 Å². The molecule has 0 fully saturated rings.